The summed E-state index contributed by atoms with van der Waals surface area (Å²) in [5, 5.41) is 10.0. The Morgan fingerprint density at radius 3 is 2.75 bits per heavy atom. The van der Waals surface area contributed by atoms with Crippen molar-refractivity contribution < 1.29 is 5.11 Å². The van der Waals surface area contributed by atoms with Crippen LogP contribution in [0.5, 0.6) is 0 Å². The van der Waals surface area contributed by atoms with Gasteiger partial charge < -0.3 is 5.11 Å². The van der Waals surface area contributed by atoms with Crippen LogP contribution in [-0.2, 0) is 5.60 Å². The van der Waals surface area contributed by atoms with E-state index in [0.717, 1.165) is 30.5 Å². The fourth-order valence-electron chi connectivity index (χ4n) is 1.76. The third kappa shape index (κ3) is 1.03. The first-order valence-corrected chi connectivity index (χ1v) is 4.37. The van der Waals surface area contributed by atoms with Crippen LogP contribution < -0.4 is 0 Å². The standard InChI is InChI=1S/C10H13NO/c1-8-9(4-2-7-11-8)10(12)5-3-6-10/h2,4,7,12H,3,5-6H2,1H3. The second-order valence-electron chi connectivity index (χ2n) is 3.52. The van der Waals surface area contributed by atoms with E-state index in [-0.39, 0.29) is 0 Å². The maximum Gasteiger partial charge on any atom is 0.0914 e. The van der Waals surface area contributed by atoms with Gasteiger partial charge in [-0.05, 0) is 32.3 Å². The van der Waals surface area contributed by atoms with Crippen molar-refractivity contribution in [2.24, 2.45) is 0 Å². The van der Waals surface area contributed by atoms with Crippen molar-refractivity contribution in [3.05, 3.63) is 29.6 Å². The third-order valence-corrected chi connectivity index (χ3v) is 2.69. The van der Waals surface area contributed by atoms with E-state index in [1.165, 1.54) is 0 Å². The van der Waals surface area contributed by atoms with Gasteiger partial charge in [0.15, 0.2) is 0 Å². The van der Waals surface area contributed by atoms with Gasteiger partial charge in [-0.2, -0.15) is 0 Å². The van der Waals surface area contributed by atoms with Gasteiger partial charge in [-0.3, -0.25) is 4.98 Å². The van der Waals surface area contributed by atoms with Gasteiger partial charge in [0, 0.05) is 17.5 Å². The molecule has 1 saturated carbocycles. The Morgan fingerprint density at radius 2 is 2.25 bits per heavy atom. The van der Waals surface area contributed by atoms with Crippen molar-refractivity contribution in [3.8, 4) is 0 Å². The predicted octanol–water partition coefficient (Wildman–Crippen LogP) is 1.76. The Hall–Kier alpha value is -0.890. The number of aromatic nitrogens is 1. The van der Waals surface area contributed by atoms with Gasteiger partial charge in [0.1, 0.15) is 0 Å². The molecule has 1 aromatic heterocycles. The Morgan fingerprint density at radius 1 is 1.50 bits per heavy atom. The molecule has 1 aliphatic rings. The van der Waals surface area contributed by atoms with E-state index >= 15 is 0 Å². The molecule has 0 atom stereocenters. The summed E-state index contributed by atoms with van der Waals surface area (Å²) in [6, 6.07) is 3.86. The van der Waals surface area contributed by atoms with E-state index in [4.69, 9.17) is 0 Å². The largest absolute Gasteiger partial charge is 0.385 e. The van der Waals surface area contributed by atoms with Crippen LogP contribution in [0.25, 0.3) is 0 Å². The highest BCUT2D eigenvalue weighted by Gasteiger charge is 2.37. The number of hydrogen-bond donors (Lipinski definition) is 1. The average Bonchev–Trinajstić information content (AvgIpc) is 2.01. The molecule has 12 heavy (non-hydrogen) atoms. The fraction of sp³-hybridized carbons (Fsp3) is 0.500. The predicted molar refractivity (Wildman–Crippen MR) is 46.7 cm³/mol. The SMILES string of the molecule is Cc1ncccc1C1(O)CCC1. The lowest BCUT2D eigenvalue weighted by atomic mass is 9.75. The highest BCUT2D eigenvalue weighted by Crippen LogP contribution is 2.41. The molecule has 0 saturated heterocycles. The topological polar surface area (TPSA) is 33.1 Å². The molecule has 0 unspecified atom stereocenters. The van der Waals surface area contributed by atoms with Crippen LogP contribution >= 0.6 is 0 Å². The van der Waals surface area contributed by atoms with Gasteiger partial charge in [0.2, 0.25) is 0 Å². The van der Waals surface area contributed by atoms with Gasteiger partial charge in [-0.25, -0.2) is 0 Å². The van der Waals surface area contributed by atoms with Crippen LogP contribution in [0.4, 0.5) is 0 Å². The van der Waals surface area contributed by atoms with E-state index < -0.39 is 5.60 Å². The smallest absolute Gasteiger partial charge is 0.0914 e. The molecule has 0 bridgehead atoms. The molecule has 0 amide bonds. The van der Waals surface area contributed by atoms with Crippen LogP contribution in [0.15, 0.2) is 18.3 Å². The number of nitrogens with zero attached hydrogens (tertiary/aromatic N) is 1. The van der Waals surface area contributed by atoms with Gasteiger partial charge in [-0.1, -0.05) is 6.07 Å². The van der Waals surface area contributed by atoms with Crippen molar-refractivity contribution >= 4 is 0 Å². The first-order chi connectivity index (χ1) is 5.72. The zero-order chi connectivity index (χ0) is 8.60. The van der Waals surface area contributed by atoms with Crippen molar-refractivity contribution in [1.82, 2.24) is 4.98 Å². The monoisotopic (exact) mass is 163 g/mol. The van der Waals surface area contributed by atoms with E-state index in [1.807, 2.05) is 19.1 Å². The minimum Gasteiger partial charge on any atom is -0.385 e. The molecule has 1 fully saturated rings. The molecule has 1 heterocycles. The number of aliphatic hydroxyl groups is 1. The van der Waals surface area contributed by atoms with Gasteiger partial charge in [0.05, 0.1) is 5.60 Å². The second-order valence-corrected chi connectivity index (χ2v) is 3.52. The number of pyridine rings is 1. The van der Waals surface area contributed by atoms with Crippen molar-refractivity contribution in [1.29, 1.82) is 0 Å². The van der Waals surface area contributed by atoms with Crippen LogP contribution in [-0.4, -0.2) is 10.1 Å². The lowest BCUT2D eigenvalue weighted by Gasteiger charge is -2.37. The highest BCUT2D eigenvalue weighted by molar-refractivity contribution is 5.27. The molecular formula is C10H13NO. The molecule has 2 rings (SSSR count). The maximum absolute atomic E-state index is 10.0. The maximum atomic E-state index is 10.0. The normalized spacial score (nSPS) is 20.2. The Kier molecular flexibility index (Phi) is 1.65. The molecule has 0 aliphatic heterocycles. The molecular weight excluding hydrogens is 150 g/mol. The number of rotatable bonds is 1. The second kappa shape index (κ2) is 2.56. The number of hydrogen-bond acceptors (Lipinski definition) is 2. The average molecular weight is 163 g/mol. The summed E-state index contributed by atoms with van der Waals surface area (Å²) in [6.07, 6.45) is 4.67. The van der Waals surface area contributed by atoms with E-state index in [9.17, 15) is 5.11 Å². The molecule has 64 valence electrons. The fourth-order valence-corrected chi connectivity index (χ4v) is 1.76. The summed E-state index contributed by atoms with van der Waals surface area (Å²) in [4.78, 5) is 4.17. The van der Waals surface area contributed by atoms with E-state index in [1.54, 1.807) is 6.20 Å². The number of aryl methyl sites for hydroxylation is 1. The van der Waals surface area contributed by atoms with Crippen LogP contribution in [0, 0.1) is 6.92 Å². The Bertz CT molecular complexity index is 292. The molecule has 2 heteroatoms. The Labute approximate surface area is 72.3 Å². The molecule has 0 aromatic carbocycles. The summed E-state index contributed by atoms with van der Waals surface area (Å²) < 4.78 is 0. The highest BCUT2D eigenvalue weighted by atomic mass is 16.3. The van der Waals surface area contributed by atoms with Crippen LogP contribution in [0.1, 0.15) is 30.5 Å². The molecule has 1 aliphatic carbocycles. The third-order valence-electron chi connectivity index (χ3n) is 2.69. The first-order valence-electron chi connectivity index (χ1n) is 4.37. The minimum atomic E-state index is -0.557. The van der Waals surface area contributed by atoms with Crippen molar-refractivity contribution in [2.45, 2.75) is 31.8 Å². The van der Waals surface area contributed by atoms with Crippen molar-refractivity contribution in [2.75, 3.05) is 0 Å². The molecule has 2 nitrogen and oxygen atoms in total. The first kappa shape index (κ1) is 7.74. The zero-order valence-corrected chi connectivity index (χ0v) is 7.25. The van der Waals surface area contributed by atoms with Gasteiger partial charge in [-0.15, -0.1) is 0 Å². The molecule has 0 radical (unpaired) electrons. The molecule has 1 aromatic rings. The van der Waals surface area contributed by atoms with Gasteiger partial charge >= 0.3 is 0 Å². The van der Waals surface area contributed by atoms with Crippen LogP contribution in [0.2, 0.25) is 0 Å². The van der Waals surface area contributed by atoms with E-state index in [0.29, 0.717) is 0 Å². The summed E-state index contributed by atoms with van der Waals surface area (Å²) in [5.74, 6) is 0. The zero-order valence-electron chi connectivity index (χ0n) is 7.25. The molecule has 0 spiro atoms. The lowest BCUT2D eigenvalue weighted by Crippen LogP contribution is -2.34. The summed E-state index contributed by atoms with van der Waals surface area (Å²) in [5.41, 5.74) is 1.41. The molecule has 1 N–H and O–H groups in total. The summed E-state index contributed by atoms with van der Waals surface area (Å²) in [6.45, 7) is 1.95. The summed E-state index contributed by atoms with van der Waals surface area (Å²) in [7, 11) is 0. The summed E-state index contributed by atoms with van der Waals surface area (Å²) >= 11 is 0. The Balaban J connectivity index is 2.39. The van der Waals surface area contributed by atoms with E-state index in [2.05, 4.69) is 4.98 Å². The van der Waals surface area contributed by atoms with Crippen LogP contribution in [0.3, 0.4) is 0 Å². The van der Waals surface area contributed by atoms with Crippen molar-refractivity contribution in [3.63, 3.8) is 0 Å². The lowest BCUT2D eigenvalue weighted by molar-refractivity contribution is -0.0396. The minimum absolute atomic E-state index is 0.557. The quantitative estimate of drug-likeness (QED) is 0.684. The van der Waals surface area contributed by atoms with Gasteiger partial charge in [0.25, 0.3) is 0 Å².